The molecule has 0 saturated carbocycles. The van der Waals surface area contributed by atoms with E-state index in [1.807, 2.05) is 25.1 Å². The zero-order valence-corrected chi connectivity index (χ0v) is 14.1. The van der Waals surface area contributed by atoms with Crippen LogP contribution in [0.25, 0.3) is 10.6 Å². The highest BCUT2D eigenvalue weighted by molar-refractivity contribution is 7.90. The fourth-order valence-corrected chi connectivity index (χ4v) is 3.66. The molecule has 0 radical (unpaired) electrons. The van der Waals surface area contributed by atoms with E-state index in [4.69, 9.17) is 11.6 Å². The Kier molecular flexibility index (Phi) is 5.18. The third kappa shape index (κ3) is 4.94. The van der Waals surface area contributed by atoms with Crippen LogP contribution in [0.4, 0.5) is 5.13 Å². The maximum atomic E-state index is 11.1. The summed E-state index contributed by atoms with van der Waals surface area (Å²) >= 11 is 7.52. The summed E-state index contributed by atoms with van der Waals surface area (Å²) in [5, 5.41) is 13.4. The van der Waals surface area contributed by atoms with Gasteiger partial charge in [0.15, 0.2) is 5.01 Å². The molecule has 0 unspecified atom stereocenters. The molecule has 2 rings (SSSR count). The predicted molar refractivity (Wildman–Crippen MR) is 87.8 cm³/mol. The Balaban J connectivity index is 2.02. The third-order valence-electron chi connectivity index (χ3n) is 2.82. The number of anilines is 1. The zero-order valence-electron chi connectivity index (χ0n) is 11.7. The first kappa shape index (κ1) is 16.2. The molecular formula is C13H16ClN3O2S2. The van der Waals surface area contributed by atoms with Crippen molar-refractivity contribution in [2.24, 2.45) is 0 Å². The number of hydrogen-bond donors (Lipinski definition) is 1. The quantitative estimate of drug-likeness (QED) is 0.871. The molecule has 0 saturated heterocycles. The number of aromatic nitrogens is 2. The molecule has 0 amide bonds. The van der Waals surface area contributed by atoms with E-state index in [1.54, 1.807) is 6.07 Å². The van der Waals surface area contributed by atoms with Gasteiger partial charge in [0.1, 0.15) is 9.84 Å². The summed E-state index contributed by atoms with van der Waals surface area (Å²) in [6.07, 6.45) is 1.76. The summed E-state index contributed by atoms with van der Waals surface area (Å²) in [6.45, 7) is 1.92. The number of rotatable bonds is 6. The topological polar surface area (TPSA) is 72.0 Å². The van der Waals surface area contributed by atoms with Crippen LogP contribution in [0, 0.1) is 0 Å². The fraction of sp³-hybridized carbons (Fsp3) is 0.385. The molecule has 114 valence electrons. The van der Waals surface area contributed by atoms with Gasteiger partial charge in [0, 0.05) is 17.9 Å². The van der Waals surface area contributed by atoms with Gasteiger partial charge in [0.25, 0.3) is 0 Å². The molecular weight excluding hydrogens is 330 g/mol. The number of benzene rings is 1. The number of nitrogens with one attached hydrogen (secondary N) is 1. The molecule has 5 nitrogen and oxygen atoms in total. The Morgan fingerprint density at radius 3 is 2.71 bits per heavy atom. The average molecular weight is 346 g/mol. The van der Waals surface area contributed by atoms with Gasteiger partial charge >= 0.3 is 0 Å². The van der Waals surface area contributed by atoms with Crippen LogP contribution in [-0.4, -0.2) is 36.7 Å². The molecule has 0 aliphatic carbocycles. The molecule has 8 heteroatoms. The second kappa shape index (κ2) is 6.72. The number of hydrogen-bond acceptors (Lipinski definition) is 6. The molecule has 1 atom stereocenters. The zero-order chi connectivity index (χ0) is 15.5. The summed E-state index contributed by atoms with van der Waals surface area (Å²) < 4.78 is 22.3. The van der Waals surface area contributed by atoms with Crippen molar-refractivity contribution in [3.63, 3.8) is 0 Å². The Morgan fingerprint density at radius 1 is 1.33 bits per heavy atom. The van der Waals surface area contributed by atoms with Gasteiger partial charge < -0.3 is 5.32 Å². The maximum Gasteiger partial charge on any atom is 0.206 e. The van der Waals surface area contributed by atoms with Crippen LogP contribution in [0.5, 0.6) is 0 Å². The molecule has 2 aromatic rings. The molecule has 0 aliphatic heterocycles. The highest BCUT2D eigenvalue weighted by Crippen LogP contribution is 2.31. The minimum Gasteiger partial charge on any atom is -0.358 e. The van der Waals surface area contributed by atoms with Crippen LogP contribution in [0.3, 0.4) is 0 Å². The number of halogens is 1. The Morgan fingerprint density at radius 2 is 2.05 bits per heavy atom. The lowest BCUT2D eigenvalue weighted by atomic mass is 10.2. The normalized spacial score (nSPS) is 13.1. The van der Waals surface area contributed by atoms with Crippen LogP contribution >= 0.6 is 22.9 Å². The van der Waals surface area contributed by atoms with Gasteiger partial charge in [-0.15, -0.1) is 10.2 Å². The van der Waals surface area contributed by atoms with Crippen molar-refractivity contribution in [2.45, 2.75) is 19.4 Å². The van der Waals surface area contributed by atoms with Crippen molar-refractivity contribution in [3.05, 3.63) is 29.3 Å². The van der Waals surface area contributed by atoms with Crippen LogP contribution in [0.2, 0.25) is 5.02 Å². The van der Waals surface area contributed by atoms with E-state index in [9.17, 15) is 8.42 Å². The van der Waals surface area contributed by atoms with Crippen LogP contribution in [0.1, 0.15) is 13.3 Å². The van der Waals surface area contributed by atoms with Gasteiger partial charge in [0.05, 0.1) is 10.8 Å². The van der Waals surface area contributed by atoms with Crippen LogP contribution in [-0.2, 0) is 9.84 Å². The van der Waals surface area contributed by atoms with Gasteiger partial charge in [-0.3, -0.25) is 0 Å². The predicted octanol–water partition coefficient (Wildman–Crippen LogP) is 3.09. The van der Waals surface area contributed by atoms with E-state index in [-0.39, 0.29) is 11.8 Å². The van der Waals surface area contributed by atoms with Crippen molar-refractivity contribution in [1.29, 1.82) is 0 Å². The molecule has 0 aliphatic rings. The van der Waals surface area contributed by atoms with Crippen molar-refractivity contribution >= 4 is 37.9 Å². The summed E-state index contributed by atoms with van der Waals surface area (Å²) in [6, 6.07) is 7.45. The molecule has 1 aromatic heterocycles. The fourth-order valence-electron chi connectivity index (χ4n) is 1.70. The lowest BCUT2D eigenvalue weighted by Crippen LogP contribution is -2.19. The van der Waals surface area contributed by atoms with Crippen LogP contribution < -0.4 is 5.32 Å². The summed E-state index contributed by atoms with van der Waals surface area (Å²) in [5.41, 5.74) is 0.841. The average Bonchev–Trinajstić information content (AvgIpc) is 2.84. The van der Waals surface area contributed by atoms with E-state index in [1.165, 1.54) is 17.6 Å². The summed E-state index contributed by atoms with van der Waals surface area (Å²) in [5.74, 6) is 0.150. The molecule has 0 spiro atoms. The molecule has 21 heavy (non-hydrogen) atoms. The minimum absolute atomic E-state index is 0.00627. The molecule has 1 aromatic carbocycles. The van der Waals surface area contributed by atoms with Gasteiger partial charge in [-0.25, -0.2) is 8.42 Å². The van der Waals surface area contributed by atoms with E-state index >= 15 is 0 Å². The standard InChI is InChI=1S/C13H16ClN3O2S2/c1-9(7-8-21(2,18)19)15-13-17-16-12(20-13)10-5-3-4-6-11(10)14/h3-6,9H,7-8H2,1-2H3,(H,15,17)/t9-/m0/s1. The molecule has 1 N–H and O–H groups in total. The van der Waals surface area contributed by atoms with Crippen molar-refractivity contribution in [3.8, 4) is 10.6 Å². The van der Waals surface area contributed by atoms with Crippen molar-refractivity contribution in [2.75, 3.05) is 17.3 Å². The molecule has 1 heterocycles. The number of sulfone groups is 1. The van der Waals surface area contributed by atoms with Gasteiger partial charge in [-0.1, -0.05) is 41.1 Å². The van der Waals surface area contributed by atoms with E-state index < -0.39 is 9.84 Å². The largest absolute Gasteiger partial charge is 0.358 e. The van der Waals surface area contributed by atoms with Crippen molar-refractivity contribution in [1.82, 2.24) is 10.2 Å². The summed E-state index contributed by atoms with van der Waals surface area (Å²) in [4.78, 5) is 0. The van der Waals surface area contributed by atoms with Gasteiger partial charge in [-0.05, 0) is 19.4 Å². The van der Waals surface area contributed by atoms with E-state index in [0.717, 1.165) is 10.6 Å². The Labute approximate surface area is 133 Å². The minimum atomic E-state index is -2.94. The SMILES string of the molecule is C[C@@H](CCS(C)(=O)=O)Nc1nnc(-c2ccccc2Cl)s1. The lowest BCUT2D eigenvalue weighted by Gasteiger charge is -2.11. The first-order valence-electron chi connectivity index (χ1n) is 6.38. The first-order valence-corrected chi connectivity index (χ1v) is 9.63. The Hall–Kier alpha value is -1.18. The molecule has 0 bridgehead atoms. The van der Waals surface area contributed by atoms with Gasteiger partial charge in [0.2, 0.25) is 5.13 Å². The highest BCUT2D eigenvalue weighted by Gasteiger charge is 2.12. The number of nitrogens with zero attached hydrogens (tertiary/aromatic N) is 2. The maximum absolute atomic E-state index is 11.1. The highest BCUT2D eigenvalue weighted by atomic mass is 35.5. The lowest BCUT2D eigenvalue weighted by molar-refractivity contribution is 0.595. The smallest absolute Gasteiger partial charge is 0.206 e. The van der Waals surface area contributed by atoms with Crippen LogP contribution in [0.15, 0.2) is 24.3 Å². The Bertz CT molecular complexity index is 716. The van der Waals surface area contributed by atoms with Gasteiger partial charge in [-0.2, -0.15) is 0 Å². The summed E-state index contributed by atoms with van der Waals surface area (Å²) in [7, 11) is -2.94. The van der Waals surface area contributed by atoms with E-state index in [2.05, 4.69) is 15.5 Å². The third-order valence-corrected chi connectivity index (χ3v) is 5.02. The first-order chi connectivity index (χ1) is 9.85. The van der Waals surface area contributed by atoms with E-state index in [0.29, 0.717) is 16.6 Å². The molecule has 0 fully saturated rings. The second-order valence-electron chi connectivity index (χ2n) is 4.86. The second-order valence-corrected chi connectivity index (χ2v) is 8.50. The monoisotopic (exact) mass is 345 g/mol. The van der Waals surface area contributed by atoms with Crippen molar-refractivity contribution < 1.29 is 8.42 Å².